The summed E-state index contributed by atoms with van der Waals surface area (Å²) in [5.74, 6) is 1.49. The molecule has 0 unspecified atom stereocenters. The fraction of sp³-hybridized carbons (Fsp3) is 0.138. The van der Waals surface area contributed by atoms with Crippen LogP contribution in [0, 0.1) is 0 Å². The first-order valence-electron chi connectivity index (χ1n) is 12.1. The number of ether oxygens (including phenoxy) is 1. The highest BCUT2D eigenvalue weighted by molar-refractivity contribution is 9.10. The summed E-state index contributed by atoms with van der Waals surface area (Å²) in [6, 6.07) is 27.1. The van der Waals surface area contributed by atoms with E-state index in [1.807, 2.05) is 78.9 Å². The maximum absolute atomic E-state index is 12.3. The van der Waals surface area contributed by atoms with Crippen LogP contribution >= 0.6 is 27.5 Å². The summed E-state index contributed by atoms with van der Waals surface area (Å²) >= 11 is 9.98. The number of hydrogen-bond donors (Lipinski definition) is 2. The van der Waals surface area contributed by atoms with E-state index in [4.69, 9.17) is 21.3 Å². The molecule has 3 aromatic carbocycles. The van der Waals surface area contributed by atoms with Gasteiger partial charge in [-0.1, -0.05) is 72.3 Å². The minimum Gasteiger partial charge on any atom is -0.493 e. The summed E-state index contributed by atoms with van der Waals surface area (Å²) in [7, 11) is 0. The Hall–Kier alpha value is -3.88. The zero-order chi connectivity index (χ0) is 26.3. The Labute approximate surface area is 233 Å². The van der Waals surface area contributed by atoms with Gasteiger partial charge in [-0.25, -0.2) is 4.98 Å². The van der Waals surface area contributed by atoms with E-state index in [2.05, 4.69) is 37.7 Å². The van der Waals surface area contributed by atoms with Crippen molar-refractivity contribution in [2.45, 2.75) is 19.5 Å². The number of halogens is 2. The fourth-order valence-electron chi connectivity index (χ4n) is 3.98. The number of rotatable bonds is 10. The number of benzene rings is 3. The first kappa shape index (κ1) is 25.8. The maximum Gasteiger partial charge on any atom is 0.223 e. The lowest BCUT2D eigenvalue weighted by Gasteiger charge is -2.13. The number of carbonyl (C=O) groups is 1. The van der Waals surface area contributed by atoms with Crippen molar-refractivity contribution in [2.24, 2.45) is 0 Å². The van der Waals surface area contributed by atoms with Crippen LogP contribution in [0.25, 0.3) is 16.9 Å². The highest BCUT2D eigenvalue weighted by Gasteiger charge is 2.13. The molecular weight excluding hydrogens is 566 g/mol. The average molecular weight is 591 g/mol. The van der Waals surface area contributed by atoms with Crippen LogP contribution in [0.2, 0.25) is 5.02 Å². The molecule has 0 bridgehead atoms. The predicted molar refractivity (Wildman–Crippen MR) is 153 cm³/mol. The Morgan fingerprint density at radius 1 is 0.947 bits per heavy atom. The van der Waals surface area contributed by atoms with E-state index in [1.165, 1.54) is 0 Å². The highest BCUT2D eigenvalue weighted by Crippen LogP contribution is 2.30. The standard InChI is InChI=1S/C29H25BrClN5O2/c30-24-19-34-36-27(16-26(35-29(24)36)23-11-4-5-12-25(23)31)32-17-20-7-6-8-21(15-20)18-33-28(37)13-14-38-22-9-2-1-3-10-22/h1-12,15-16,19,32H,13-14,17-18H2,(H,33,37). The van der Waals surface area contributed by atoms with Crippen molar-refractivity contribution in [3.8, 4) is 17.0 Å². The van der Waals surface area contributed by atoms with Crippen molar-refractivity contribution in [3.63, 3.8) is 0 Å². The van der Waals surface area contributed by atoms with Crippen molar-refractivity contribution < 1.29 is 9.53 Å². The molecule has 0 aliphatic carbocycles. The van der Waals surface area contributed by atoms with E-state index >= 15 is 0 Å². The molecule has 0 radical (unpaired) electrons. The lowest BCUT2D eigenvalue weighted by molar-refractivity contribution is -0.121. The zero-order valence-electron chi connectivity index (χ0n) is 20.4. The predicted octanol–water partition coefficient (Wildman–Crippen LogP) is 6.51. The summed E-state index contributed by atoms with van der Waals surface area (Å²) in [5.41, 5.74) is 4.37. The average Bonchev–Trinajstić information content (AvgIpc) is 3.32. The van der Waals surface area contributed by atoms with Crippen molar-refractivity contribution in [2.75, 3.05) is 11.9 Å². The molecule has 0 atom stereocenters. The molecule has 192 valence electrons. The number of nitrogens with zero attached hydrogens (tertiary/aromatic N) is 3. The molecule has 1 amide bonds. The number of amides is 1. The van der Waals surface area contributed by atoms with Gasteiger partial charge >= 0.3 is 0 Å². The number of carbonyl (C=O) groups excluding carboxylic acids is 1. The summed E-state index contributed by atoms with van der Waals surface area (Å²) < 4.78 is 8.15. The second-order valence-electron chi connectivity index (χ2n) is 8.60. The van der Waals surface area contributed by atoms with Crippen LogP contribution in [0.5, 0.6) is 5.75 Å². The van der Waals surface area contributed by atoms with E-state index in [0.717, 1.165) is 38.4 Å². The molecule has 5 rings (SSSR count). The molecule has 2 N–H and O–H groups in total. The van der Waals surface area contributed by atoms with Gasteiger partial charge in [0.25, 0.3) is 0 Å². The van der Waals surface area contributed by atoms with Gasteiger partial charge in [0.2, 0.25) is 5.91 Å². The van der Waals surface area contributed by atoms with Gasteiger partial charge in [-0.15, -0.1) is 0 Å². The molecular formula is C29H25BrClN5O2. The molecule has 0 aliphatic heterocycles. The zero-order valence-corrected chi connectivity index (χ0v) is 22.7. The van der Waals surface area contributed by atoms with Gasteiger partial charge in [0.15, 0.2) is 5.65 Å². The Bertz CT molecular complexity index is 1560. The number of aromatic nitrogens is 3. The first-order chi connectivity index (χ1) is 18.6. The lowest BCUT2D eigenvalue weighted by atomic mass is 10.1. The Morgan fingerprint density at radius 2 is 1.71 bits per heavy atom. The molecule has 2 heterocycles. The van der Waals surface area contributed by atoms with Crippen LogP contribution in [0.15, 0.2) is 95.6 Å². The minimum atomic E-state index is -0.0556. The number of hydrogen-bond acceptors (Lipinski definition) is 5. The van der Waals surface area contributed by atoms with Gasteiger partial charge in [-0.2, -0.15) is 9.61 Å². The van der Waals surface area contributed by atoms with Gasteiger partial charge in [0, 0.05) is 29.7 Å². The van der Waals surface area contributed by atoms with Crippen LogP contribution < -0.4 is 15.4 Å². The van der Waals surface area contributed by atoms with E-state index in [1.54, 1.807) is 10.7 Å². The van der Waals surface area contributed by atoms with Crippen LogP contribution in [0.4, 0.5) is 5.82 Å². The van der Waals surface area contributed by atoms with Gasteiger partial charge < -0.3 is 15.4 Å². The van der Waals surface area contributed by atoms with E-state index < -0.39 is 0 Å². The molecule has 0 saturated carbocycles. The highest BCUT2D eigenvalue weighted by atomic mass is 79.9. The third-order valence-electron chi connectivity index (χ3n) is 5.87. The van der Waals surface area contributed by atoms with Gasteiger partial charge in [0.05, 0.1) is 29.4 Å². The second kappa shape index (κ2) is 12.1. The summed E-state index contributed by atoms with van der Waals surface area (Å²) in [6.45, 7) is 1.34. The Balaban J connectivity index is 1.22. The van der Waals surface area contributed by atoms with Gasteiger partial charge in [0.1, 0.15) is 11.6 Å². The molecule has 0 aliphatic rings. The normalized spacial score (nSPS) is 10.9. The monoisotopic (exact) mass is 589 g/mol. The first-order valence-corrected chi connectivity index (χ1v) is 13.3. The number of anilines is 1. The third-order valence-corrected chi connectivity index (χ3v) is 6.76. The minimum absolute atomic E-state index is 0.0556. The molecule has 7 nitrogen and oxygen atoms in total. The van der Waals surface area contributed by atoms with Crippen molar-refractivity contribution >= 4 is 44.9 Å². The van der Waals surface area contributed by atoms with Crippen molar-refractivity contribution in [1.29, 1.82) is 0 Å². The maximum atomic E-state index is 12.3. The third kappa shape index (κ3) is 6.33. The summed E-state index contributed by atoms with van der Waals surface area (Å²) in [6.07, 6.45) is 2.01. The molecule has 0 fully saturated rings. The topological polar surface area (TPSA) is 80.5 Å². The molecule has 2 aromatic heterocycles. The number of fused-ring (bicyclic) bond motifs is 1. The second-order valence-corrected chi connectivity index (χ2v) is 9.86. The molecule has 0 saturated heterocycles. The van der Waals surface area contributed by atoms with Crippen LogP contribution in [0.1, 0.15) is 17.5 Å². The van der Waals surface area contributed by atoms with Crippen LogP contribution in [-0.2, 0) is 17.9 Å². The number of nitrogens with one attached hydrogen (secondary N) is 2. The molecule has 38 heavy (non-hydrogen) atoms. The number of para-hydroxylation sites is 1. The lowest BCUT2D eigenvalue weighted by Crippen LogP contribution is -2.24. The van der Waals surface area contributed by atoms with E-state index in [9.17, 15) is 4.79 Å². The van der Waals surface area contributed by atoms with E-state index in [-0.39, 0.29) is 5.91 Å². The largest absolute Gasteiger partial charge is 0.493 e. The van der Waals surface area contributed by atoms with Crippen LogP contribution in [-0.4, -0.2) is 27.1 Å². The van der Waals surface area contributed by atoms with Gasteiger partial charge in [-0.05, 0) is 45.3 Å². The van der Waals surface area contributed by atoms with Crippen molar-refractivity contribution in [1.82, 2.24) is 19.9 Å². The fourth-order valence-corrected chi connectivity index (χ4v) is 4.56. The summed E-state index contributed by atoms with van der Waals surface area (Å²) in [4.78, 5) is 17.0. The van der Waals surface area contributed by atoms with Crippen molar-refractivity contribution in [3.05, 3.63) is 112 Å². The van der Waals surface area contributed by atoms with Crippen LogP contribution in [0.3, 0.4) is 0 Å². The quantitative estimate of drug-likeness (QED) is 0.194. The smallest absolute Gasteiger partial charge is 0.223 e. The Morgan fingerprint density at radius 3 is 2.53 bits per heavy atom. The Kier molecular flexibility index (Phi) is 8.21. The molecule has 5 aromatic rings. The van der Waals surface area contributed by atoms with Gasteiger partial charge in [-0.3, -0.25) is 4.79 Å². The molecule has 9 heteroatoms. The summed E-state index contributed by atoms with van der Waals surface area (Å²) in [5, 5.41) is 11.5. The molecule has 0 spiro atoms. The SMILES string of the molecule is O=C(CCOc1ccccc1)NCc1cccc(CNc2cc(-c3ccccc3Cl)nc3c(Br)cnn23)c1. The van der Waals surface area contributed by atoms with E-state index in [0.29, 0.717) is 36.8 Å².